The second kappa shape index (κ2) is 5.87. The number of benzene rings is 2. The molecule has 3 nitrogen and oxygen atoms in total. The number of hydrogen-bond acceptors (Lipinski definition) is 4. The van der Waals surface area contributed by atoms with Crippen LogP contribution in [0.4, 0.5) is 11.4 Å². The van der Waals surface area contributed by atoms with E-state index in [4.69, 9.17) is 12.2 Å². The van der Waals surface area contributed by atoms with Gasteiger partial charge in [-0.25, -0.2) is 0 Å². The van der Waals surface area contributed by atoms with E-state index in [9.17, 15) is 4.79 Å². The Balaban J connectivity index is 1.83. The van der Waals surface area contributed by atoms with Crippen LogP contribution in [0.15, 0.2) is 54.6 Å². The second-order valence-corrected chi connectivity index (χ2v) is 6.47. The Kier molecular flexibility index (Phi) is 3.94. The van der Waals surface area contributed by atoms with Gasteiger partial charge in [0.25, 0.3) is 5.91 Å². The molecule has 1 heterocycles. The van der Waals surface area contributed by atoms with Gasteiger partial charge in [-0.3, -0.25) is 9.69 Å². The van der Waals surface area contributed by atoms with E-state index in [0.29, 0.717) is 4.32 Å². The molecule has 0 radical (unpaired) electrons. The molecule has 106 valence electrons. The number of nitrogens with one attached hydrogen (secondary N) is 1. The molecule has 1 fully saturated rings. The lowest BCUT2D eigenvalue weighted by Crippen LogP contribution is -2.34. The molecule has 0 aliphatic carbocycles. The summed E-state index contributed by atoms with van der Waals surface area (Å²) in [5.74, 6) is -0.0283. The number of carbonyl (C=O) groups excluding carboxylic acids is 1. The Morgan fingerprint density at radius 1 is 1.10 bits per heavy atom. The van der Waals surface area contributed by atoms with E-state index in [1.54, 1.807) is 4.90 Å². The summed E-state index contributed by atoms with van der Waals surface area (Å²) in [6.45, 7) is 2.01. The SMILES string of the molecule is Cc1ccccc1NC1SC(=S)N(c2ccccc2)C1=O. The van der Waals surface area contributed by atoms with Gasteiger partial charge in [-0.05, 0) is 30.7 Å². The maximum absolute atomic E-state index is 12.6. The Labute approximate surface area is 133 Å². The zero-order valence-corrected chi connectivity index (χ0v) is 13.1. The van der Waals surface area contributed by atoms with Gasteiger partial charge in [-0.2, -0.15) is 0 Å². The van der Waals surface area contributed by atoms with Crippen LogP contribution in [-0.2, 0) is 4.79 Å². The Bertz CT molecular complexity index is 688. The van der Waals surface area contributed by atoms with Crippen LogP contribution in [0.3, 0.4) is 0 Å². The third-order valence-corrected chi connectivity index (χ3v) is 4.70. The smallest absolute Gasteiger partial charge is 0.266 e. The van der Waals surface area contributed by atoms with Crippen molar-refractivity contribution in [2.45, 2.75) is 12.3 Å². The molecular weight excluding hydrogens is 300 g/mol. The number of anilines is 2. The molecule has 1 aliphatic heterocycles. The molecule has 1 atom stereocenters. The molecule has 1 N–H and O–H groups in total. The van der Waals surface area contributed by atoms with Crippen LogP contribution in [0.2, 0.25) is 0 Å². The molecule has 2 aromatic carbocycles. The first-order valence-electron chi connectivity index (χ1n) is 6.58. The number of amides is 1. The van der Waals surface area contributed by atoms with Gasteiger partial charge in [0, 0.05) is 5.69 Å². The fourth-order valence-electron chi connectivity index (χ4n) is 2.19. The molecule has 1 aliphatic rings. The van der Waals surface area contributed by atoms with Gasteiger partial charge in [0.1, 0.15) is 4.32 Å². The van der Waals surface area contributed by atoms with Crippen LogP contribution < -0.4 is 10.2 Å². The normalized spacial score (nSPS) is 18.1. The third kappa shape index (κ3) is 2.80. The van der Waals surface area contributed by atoms with E-state index < -0.39 is 0 Å². The zero-order chi connectivity index (χ0) is 14.8. The number of aryl methyl sites for hydroxylation is 1. The van der Waals surface area contributed by atoms with Crippen molar-refractivity contribution in [1.29, 1.82) is 0 Å². The lowest BCUT2D eigenvalue weighted by molar-refractivity contribution is -0.116. The number of nitrogens with zero attached hydrogens (tertiary/aromatic N) is 1. The topological polar surface area (TPSA) is 32.3 Å². The second-order valence-electron chi connectivity index (χ2n) is 4.73. The molecule has 1 unspecified atom stereocenters. The summed E-state index contributed by atoms with van der Waals surface area (Å²) in [6, 6.07) is 17.4. The maximum atomic E-state index is 12.6. The maximum Gasteiger partial charge on any atom is 0.266 e. The highest BCUT2D eigenvalue weighted by Crippen LogP contribution is 2.33. The quantitative estimate of drug-likeness (QED) is 0.874. The van der Waals surface area contributed by atoms with Gasteiger partial charge in [0.15, 0.2) is 5.37 Å². The fraction of sp³-hybridized carbons (Fsp3) is 0.125. The molecule has 0 saturated carbocycles. The zero-order valence-electron chi connectivity index (χ0n) is 11.4. The third-order valence-electron chi connectivity index (χ3n) is 3.29. The number of hydrogen-bond donors (Lipinski definition) is 1. The molecule has 1 saturated heterocycles. The predicted octanol–water partition coefficient (Wildman–Crippen LogP) is 3.80. The van der Waals surface area contributed by atoms with Crippen molar-refractivity contribution < 1.29 is 4.79 Å². The van der Waals surface area contributed by atoms with E-state index in [2.05, 4.69) is 5.32 Å². The molecule has 2 aromatic rings. The average molecular weight is 314 g/mol. The van der Waals surface area contributed by atoms with Crippen LogP contribution in [0.1, 0.15) is 5.56 Å². The molecule has 0 spiro atoms. The van der Waals surface area contributed by atoms with Gasteiger partial charge in [0.2, 0.25) is 0 Å². The fourth-order valence-corrected chi connectivity index (χ4v) is 3.57. The van der Waals surface area contributed by atoms with Crippen LogP contribution in [0, 0.1) is 6.92 Å². The van der Waals surface area contributed by atoms with E-state index >= 15 is 0 Å². The Hall–Kier alpha value is -1.85. The first kappa shape index (κ1) is 14.1. The number of rotatable bonds is 3. The summed E-state index contributed by atoms with van der Waals surface area (Å²) in [5, 5.41) is 2.90. The van der Waals surface area contributed by atoms with Gasteiger partial charge in [-0.15, -0.1) is 0 Å². The van der Waals surface area contributed by atoms with Crippen molar-refractivity contribution in [2.75, 3.05) is 10.2 Å². The van der Waals surface area contributed by atoms with Crippen LogP contribution in [0.5, 0.6) is 0 Å². The highest BCUT2D eigenvalue weighted by atomic mass is 32.2. The monoisotopic (exact) mass is 314 g/mol. The Morgan fingerprint density at radius 3 is 2.48 bits per heavy atom. The highest BCUT2D eigenvalue weighted by molar-refractivity contribution is 8.25. The summed E-state index contributed by atoms with van der Waals surface area (Å²) >= 11 is 6.73. The van der Waals surface area contributed by atoms with E-state index in [1.165, 1.54) is 11.8 Å². The van der Waals surface area contributed by atoms with E-state index in [-0.39, 0.29) is 11.3 Å². The highest BCUT2D eigenvalue weighted by Gasteiger charge is 2.38. The standard InChI is InChI=1S/C16H14N2OS2/c1-11-7-5-6-10-13(11)17-14-15(19)18(16(20)21-14)12-8-3-2-4-9-12/h2-10,14,17H,1H3. The van der Waals surface area contributed by atoms with Crippen LogP contribution >= 0.6 is 24.0 Å². The first-order chi connectivity index (χ1) is 10.2. The van der Waals surface area contributed by atoms with Crippen molar-refractivity contribution in [3.05, 3.63) is 60.2 Å². The summed E-state index contributed by atoms with van der Waals surface area (Å²) in [6.07, 6.45) is 0. The number of thiocarbonyl (C=S) groups is 1. The Morgan fingerprint density at radius 2 is 1.76 bits per heavy atom. The summed E-state index contributed by atoms with van der Waals surface area (Å²) in [7, 11) is 0. The lowest BCUT2D eigenvalue weighted by Gasteiger charge is -2.16. The van der Waals surface area contributed by atoms with Gasteiger partial charge in [-0.1, -0.05) is 60.4 Å². The summed E-state index contributed by atoms with van der Waals surface area (Å²) < 4.78 is 0.581. The van der Waals surface area contributed by atoms with Gasteiger partial charge in [0.05, 0.1) is 5.69 Å². The molecular formula is C16H14N2OS2. The summed E-state index contributed by atoms with van der Waals surface area (Å²) in [4.78, 5) is 14.2. The van der Waals surface area contributed by atoms with Crippen LogP contribution in [0.25, 0.3) is 0 Å². The van der Waals surface area contributed by atoms with Crippen molar-refractivity contribution in [1.82, 2.24) is 0 Å². The number of thioether (sulfide) groups is 1. The minimum absolute atomic E-state index is 0.0283. The lowest BCUT2D eigenvalue weighted by atomic mass is 10.2. The van der Waals surface area contributed by atoms with E-state index in [1.807, 2.05) is 61.5 Å². The van der Waals surface area contributed by atoms with E-state index in [0.717, 1.165) is 16.9 Å². The molecule has 3 rings (SSSR count). The van der Waals surface area contributed by atoms with Gasteiger partial charge >= 0.3 is 0 Å². The minimum atomic E-state index is -0.376. The minimum Gasteiger partial charge on any atom is -0.365 e. The van der Waals surface area contributed by atoms with Crippen molar-refractivity contribution in [2.24, 2.45) is 0 Å². The molecule has 0 bridgehead atoms. The average Bonchev–Trinajstić information content (AvgIpc) is 2.77. The van der Waals surface area contributed by atoms with Crippen molar-refractivity contribution in [3.63, 3.8) is 0 Å². The van der Waals surface area contributed by atoms with Gasteiger partial charge < -0.3 is 5.32 Å². The summed E-state index contributed by atoms with van der Waals surface area (Å²) in [5.41, 5.74) is 2.88. The largest absolute Gasteiger partial charge is 0.365 e. The molecule has 0 aromatic heterocycles. The molecule has 5 heteroatoms. The predicted molar refractivity (Wildman–Crippen MR) is 92.7 cm³/mol. The molecule has 21 heavy (non-hydrogen) atoms. The van der Waals surface area contributed by atoms with Crippen molar-refractivity contribution >= 4 is 45.6 Å². The molecule has 1 amide bonds. The first-order valence-corrected chi connectivity index (χ1v) is 7.87. The number of carbonyl (C=O) groups is 1. The van der Waals surface area contributed by atoms with Crippen molar-refractivity contribution in [3.8, 4) is 0 Å². The number of para-hydroxylation sites is 2. The van der Waals surface area contributed by atoms with Crippen LogP contribution in [-0.4, -0.2) is 15.6 Å².